The molecule has 0 atom stereocenters. The number of hydrogen-bond acceptors (Lipinski definition) is 4. The van der Waals surface area contributed by atoms with Crippen LogP contribution in [0.5, 0.6) is 5.75 Å². The summed E-state index contributed by atoms with van der Waals surface area (Å²) in [6, 6.07) is 16.1. The lowest BCUT2D eigenvalue weighted by atomic mass is 10.2. The third-order valence-corrected chi connectivity index (χ3v) is 5.55. The minimum Gasteiger partial charge on any atom is -0.497 e. The molecule has 0 fully saturated rings. The lowest BCUT2D eigenvalue weighted by Gasteiger charge is -2.24. The minimum absolute atomic E-state index is 0. The van der Waals surface area contributed by atoms with Crippen molar-refractivity contribution >= 4 is 22.4 Å². The Kier molecular flexibility index (Phi) is 8.38. The second-order valence-corrected chi connectivity index (χ2v) is 7.74. The van der Waals surface area contributed by atoms with E-state index in [0.717, 1.165) is 5.56 Å². The molecule has 0 bridgehead atoms. The van der Waals surface area contributed by atoms with Crippen molar-refractivity contribution < 1.29 is 13.2 Å². The van der Waals surface area contributed by atoms with Gasteiger partial charge in [-0.1, -0.05) is 30.3 Å². The topological polar surface area (TPSA) is 49.9 Å². The van der Waals surface area contributed by atoms with Gasteiger partial charge in [0.1, 0.15) is 5.75 Å². The second-order valence-electron chi connectivity index (χ2n) is 5.80. The predicted molar refractivity (Wildman–Crippen MR) is 103 cm³/mol. The fourth-order valence-corrected chi connectivity index (χ4v) is 3.70. The van der Waals surface area contributed by atoms with Gasteiger partial charge in [-0.2, -0.15) is 4.31 Å². The van der Waals surface area contributed by atoms with Crippen LogP contribution in [0.1, 0.15) is 5.56 Å². The Balaban J connectivity index is 0.00000312. The van der Waals surface area contributed by atoms with Crippen LogP contribution in [0.2, 0.25) is 0 Å². The van der Waals surface area contributed by atoms with Gasteiger partial charge in [-0.15, -0.1) is 12.4 Å². The molecule has 0 radical (unpaired) electrons. The van der Waals surface area contributed by atoms with E-state index in [1.165, 1.54) is 4.31 Å². The highest BCUT2D eigenvalue weighted by molar-refractivity contribution is 7.89. The van der Waals surface area contributed by atoms with Crippen molar-refractivity contribution in [3.8, 4) is 5.75 Å². The summed E-state index contributed by atoms with van der Waals surface area (Å²) in [6.07, 6.45) is 0. The summed E-state index contributed by atoms with van der Waals surface area (Å²) >= 11 is 0. The van der Waals surface area contributed by atoms with Crippen molar-refractivity contribution in [2.24, 2.45) is 0 Å². The van der Waals surface area contributed by atoms with Crippen LogP contribution in [0.25, 0.3) is 0 Å². The number of halogens is 1. The second kappa shape index (κ2) is 9.77. The molecule has 5 nitrogen and oxygen atoms in total. The Morgan fingerprint density at radius 1 is 0.920 bits per heavy atom. The van der Waals surface area contributed by atoms with Crippen molar-refractivity contribution in [1.82, 2.24) is 9.21 Å². The lowest BCUT2D eigenvalue weighted by Crippen LogP contribution is -2.36. The molecule has 0 aliphatic heterocycles. The van der Waals surface area contributed by atoms with Gasteiger partial charge in [0.15, 0.2) is 0 Å². The maximum absolute atomic E-state index is 13.0. The quantitative estimate of drug-likeness (QED) is 0.702. The van der Waals surface area contributed by atoms with Crippen molar-refractivity contribution in [2.75, 3.05) is 34.3 Å². The van der Waals surface area contributed by atoms with Crippen molar-refractivity contribution in [3.63, 3.8) is 0 Å². The molecule has 0 amide bonds. The van der Waals surface area contributed by atoms with E-state index in [0.29, 0.717) is 25.4 Å². The van der Waals surface area contributed by atoms with E-state index in [4.69, 9.17) is 4.74 Å². The van der Waals surface area contributed by atoms with Gasteiger partial charge in [-0.05, 0) is 43.9 Å². The van der Waals surface area contributed by atoms with Crippen LogP contribution in [0, 0.1) is 0 Å². The number of methoxy groups -OCH3 is 1. The average Bonchev–Trinajstić information content (AvgIpc) is 2.59. The van der Waals surface area contributed by atoms with Gasteiger partial charge in [0.2, 0.25) is 10.0 Å². The zero-order valence-electron chi connectivity index (χ0n) is 14.8. The molecule has 25 heavy (non-hydrogen) atoms. The van der Waals surface area contributed by atoms with E-state index < -0.39 is 10.0 Å². The first-order valence-corrected chi connectivity index (χ1v) is 9.20. The fraction of sp³-hybridized carbons (Fsp3) is 0.333. The van der Waals surface area contributed by atoms with E-state index in [1.54, 1.807) is 31.4 Å². The standard InChI is InChI=1S/C18H24N2O3S.ClH/c1-19(2)13-14-20(15-16-7-5-4-6-8-16)24(21,22)18-11-9-17(23-3)10-12-18;/h4-12H,13-15H2,1-3H3;1H. The fourth-order valence-electron chi connectivity index (χ4n) is 2.28. The van der Waals surface area contributed by atoms with Crippen LogP contribution in [0.4, 0.5) is 0 Å². The van der Waals surface area contributed by atoms with Crippen LogP contribution in [-0.4, -0.2) is 51.9 Å². The van der Waals surface area contributed by atoms with Crippen LogP contribution < -0.4 is 4.74 Å². The molecular formula is C18H25ClN2O3S. The predicted octanol–water partition coefficient (Wildman–Crippen LogP) is 2.87. The minimum atomic E-state index is -3.57. The Morgan fingerprint density at radius 3 is 2.04 bits per heavy atom. The summed E-state index contributed by atoms with van der Waals surface area (Å²) in [5.41, 5.74) is 0.966. The van der Waals surface area contributed by atoms with Gasteiger partial charge in [0.25, 0.3) is 0 Å². The highest BCUT2D eigenvalue weighted by Gasteiger charge is 2.24. The average molecular weight is 385 g/mol. The molecule has 0 aromatic heterocycles. The number of benzene rings is 2. The lowest BCUT2D eigenvalue weighted by molar-refractivity contribution is 0.329. The number of hydrogen-bond donors (Lipinski definition) is 0. The number of sulfonamides is 1. The summed E-state index contributed by atoms with van der Waals surface area (Å²) in [6.45, 7) is 1.43. The zero-order valence-corrected chi connectivity index (χ0v) is 16.4. The van der Waals surface area contributed by atoms with Crippen LogP contribution in [-0.2, 0) is 16.6 Å². The van der Waals surface area contributed by atoms with Crippen LogP contribution in [0.3, 0.4) is 0 Å². The molecule has 2 aromatic carbocycles. The van der Waals surface area contributed by atoms with Crippen LogP contribution >= 0.6 is 12.4 Å². The maximum atomic E-state index is 13.0. The van der Waals surface area contributed by atoms with Gasteiger partial charge in [-0.25, -0.2) is 8.42 Å². The monoisotopic (exact) mass is 384 g/mol. The van der Waals surface area contributed by atoms with E-state index in [-0.39, 0.29) is 17.3 Å². The number of ether oxygens (including phenoxy) is 1. The van der Waals surface area contributed by atoms with Gasteiger partial charge < -0.3 is 9.64 Å². The smallest absolute Gasteiger partial charge is 0.243 e. The van der Waals surface area contributed by atoms with Gasteiger partial charge in [0, 0.05) is 19.6 Å². The normalized spacial score (nSPS) is 11.4. The Hall–Kier alpha value is -1.60. The summed E-state index contributed by atoms with van der Waals surface area (Å²) in [5, 5.41) is 0. The third kappa shape index (κ3) is 6.01. The Labute approximate surface area is 156 Å². The van der Waals surface area contributed by atoms with E-state index in [9.17, 15) is 8.42 Å². The molecule has 0 heterocycles. The highest BCUT2D eigenvalue weighted by atomic mass is 35.5. The van der Waals surface area contributed by atoms with Crippen molar-refractivity contribution in [3.05, 3.63) is 60.2 Å². The first-order chi connectivity index (χ1) is 11.4. The number of likely N-dealkylation sites (N-methyl/N-ethyl adjacent to an activating group) is 1. The highest BCUT2D eigenvalue weighted by Crippen LogP contribution is 2.21. The maximum Gasteiger partial charge on any atom is 0.243 e. The molecule has 0 saturated heterocycles. The third-order valence-electron chi connectivity index (χ3n) is 3.70. The first-order valence-electron chi connectivity index (χ1n) is 7.76. The first kappa shape index (κ1) is 21.4. The molecule has 138 valence electrons. The molecule has 0 aliphatic rings. The Morgan fingerprint density at radius 2 is 1.52 bits per heavy atom. The van der Waals surface area contributed by atoms with E-state index >= 15 is 0 Å². The number of nitrogens with zero attached hydrogens (tertiary/aromatic N) is 2. The molecule has 2 aromatic rings. The summed E-state index contributed by atoms with van der Waals surface area (Å²) in [7, 11) is 1.85. The number of rotatable bonds is 8. The molecule has 0 N–H and O–H groups in total. The largest absolute Gasteiger partial charge is 0.497 e. The molecule has 0 aliphatic carbocycles. The summed E-state index contributed by atoms with van der Waals surface area (Å²) in [4.78, 5) is 2.25. The van der Waals surface area contributed by atoms with E-state index in [1.807, 2.05) is 49.3 Å². The van der Waals surface area contributed by atoms with Gasteiger partial charge >= 0.3 is 0 Å². The van der Waals surface area contributed by atoms with Gasteiger partial charge in [0.05, 0.1) is 12.0 Å². The molecule has 0 unspecified atom stereocenters. The van der Waals surface area contributed by atoms with Gasteiger partial charge in [-0.3, -0.25) is 0 Å². The van der Waals surface area contributed by atoms with Crippen molar-refractivity contribution in [1.29, 1.82) is 0 Å². The van der Waals surface area contributed by atoms with Crippen molar-refractivity contribution in [2.45, 2.75) is 11.4 Å². The van der Waals surface area contributed by atoms with Crippen LogP contribution in [0.15, 0.2) is 59.5 Å². The molecular weight excluding hydrogens is 360 g/mol. The zero-order chi connectivity index (χ0) is 17.6. The molecule has 2 rings (SSSR count). The van der Waals surface area contributed by atoms with E-state index in [2.05, 4.69) is 0 Å². The SMILES string of the molecule is COc1ccc(S(=O)(=O)N(CCN(C)C)Cc2ccccc2)cc1.Cl. The molecule has 0 saturated carbocycles. The summed E-state index contributed by atoms with van der Waals surface area (Å²) < 4.78 is 32.7. The molecule has 7 heteroatoms. The molecule has 0 spiro atoms. The Bertz CT molecular complexity index is 735. The summed E-state index contributed by atoms with van der Waals surface area (Å²) in [5.74, 6) is 0.636.